The summed E-state index contributed by atoms with van der Waals surface area (Å²) in [6, 6.07) is 8.92. The second kappa shape index (κ2) is 3.40. The van der Waals surface area contributed by atoms with E-state index in [1.54, 1.807) is 18.2 Å². The highest BCUT2D eigenvalue weighted by Crippen LogP contribution is 2.23. The molecule has 0 radical (unpaired) electrons. The molecular formula is C9H5Cl2NO. The molecule has 0 aliphatic rings. The fourth-order valence-electron chi connectivity index (χ4n) is 1.00. The van der Waals surface area contributed by atoms with Gasteiger partial charge in [-0.2, -0.15) is 0 Å². The van der Waals surface area contributed by atoms with E-state index in [2.05, 4.69) is 5.16 Å². The fourth-order valence-corrected chi connectivity index (χ4v) is 1.26. The molecule has 66 valence electrons. The van der Waals surface area contributed by atoms with Crippen molar-refractivity contribution >= 4 is 23.2 Å². The first-order valence-corrected chi connectivity index (χ1v) is 4.39. The molecule has 1 aromatic carbocycles. The maximum absolute atomic E-state index is 5.73. The first-order valence-electron chi connectivity index (χ1n) is 3.64. The van der Waals surface area contributed by atoms with E-state index >= 15 is 0 Å². The molecule has 0 saturated heterocycles. The van der Waals surface area contributed by atoms with E-state index in [1.807, 2.05) is 12.1 Å². The number of hydrogen-bond donors (Lipinski definition) is 0. The second-order valence-electron chi connectivity index (χ2n) is 2.52. The Bertz CT molecular complexity index is 408. The maximum Gasteiger partial charge on any atom is 0.172 e. The highest BCUT2D eigenvalue weighted by atomic mass is 35.5. The molecule has 0 bridgehead atoms. The molecule has 4 heteroatoms. The van der Waals surface area contributed by atoms with Crippen molar-refractivity contribution in [2.24, 2.45) is 0 Å². The second-order valence-corrected chi connectivity index (χ2v) is 3.34. The first-order chi connectivity index (χ1) is 6.25. The zero-order valence-electron chi connectivity index (χ0n) is 6.50. The Labute approximate surface area is 85.1 Å². The average molecular weight is 214 g/mol. The van der Waals surface area contributed by atoms with Gasteiger partial charge in [0.2, 0.25) is 0 Å². The fraction of sp³-hybridized carbons (Fsp3) is 0. The van der Waals surface area contributed by atoms with Gasteiger partial charge in [0, 0.05) is 16.7 Å². The summed E-state index contributed by atoms with van der Waals surface area (Å²) in [4.78, 5) is 0. The molecule has 2 rings (SSSR count). The van der Waals surface area contributed by atoms with Gasteiger partial charge in [-0.15, -0.1) is 0 Å². The molecule has 0 fully saturated rings. The monoisotopic (exact) mass is 213 g/mol. The summed E-state index contributed by atoms with van der Waals surface area (Å²) in [7, 11) is 0. The van der Waals surface area contributed by atoms with Crippen LogP contribution in [0.4, 0.5) is 0 Å². The molecule has 1 heterocycles. The summed E-state index contributed by atoms with van der Waals surface area (Å²) < 4.78 is 4.97. The van der Waals surface area contributed by atoms with Gasteiger partial charge < -0.3 is 4.52 Å². The van der Waals surface area contributed by atoms with Crippen LogP contribution in [0.25, 0.3) is 11.3 Å². The predicted octanol–water partition coefficient (Wildman–Crippen LogP) is 3.65. The van der Waals surface area contributed by atoms with Gasteiger partial charge in [-0.1, -0.05) is 28.4 Å². The van der Waals surface area contributed by atoms with E-state index in [9.17, 15) is 0 Å². The molecule has 0 N–H and O–H groups in total. The molecule has 2 aromatic rings. The largest absolute Gasteiger partial charge is 0.355 e. The maximum atomic E-state index is 5.73. The van der Waals surface area contributed by atoms with Gasteiger partial charge in [0.25, 0.3) is 0 Å². The first kappa shape index (κ1) is 8.60. The Hall–Kier alpha value is -0.990. The zero-order chi connectivity index (χ0) is 9.26. The van der Waals surface area contributed by atoms with Crippen LogP contribution in [-0.2, 0) is 0 Å². The van der Waals surface area contributed by atoms with Crippen molar-refractivity contribution < 1.29 is 4.52 Å². The molecule has 0 amide bonds. The molecule has 0 aliphatic carbocycles. The van der Waals surface area contributed by atoms with Crippen LogP contribution in [0.3, 0.4) is 0 Å². The topological polar surface area (TPSA) is 26.0 Å². The summed E-state index contributed by atoms with van der Waals surface area (Å²) in [5.74, 6) is 0.640. The number of hydrogen-bond acceptors (Lipinski definition) is 2. The highest BCUT2D eigenvalue weighted by molar-refractivity contribution is 6.30. The Kier molecular flexibility index (Phi) is 2.25. The minimum absolute atomic E-state index is 0.352. The van der Waals surface area contributed by atoms with Gasteiger partial charge in [0.15, 0.2) is 10.9 Å². The van der Waals surface area contributed by atoms with E-state index in [-0.39, 0.29) is 0 Å². The van der Waals surface area contributed by atoms with Gasteiger partial charge in [-0.3, -0.25) is 0 Å². The van der Waals surface area contributed by atoms with E-state index in [4.69, 9.17) is 27.7 Å². The van der Waals surface area contributed by atoms with Crippen LogP contribution in [-0.4, -0.2) is 5.16 Å². The number of rotatable bonds is 1. The molecule has 13 heavy (non-hydrogen) atoms. The van der Waals surface area contributed by atoms with Crippen LogP contribution < -0.4 is 0 Å². The van der Waals surface area contributed by atoms with Crippen LogP contribution in [0.1, 0.15) is 0 Å². The summed E-state index contributed by atoms with van der Waals surface area (Å²) >= 11 is 11.3. The Balaban J connectivity index is 2.41. The minimum atomic E-state index is 0.352. The van der Waals surface area contributed by atoms with Crippen molar-refractivity contribution in [2.45, 2.75) is 0 Å². The van der Waals surface area contributed by atoms with Gasteiger partial charge in [0.1, 0.15) is 0 Å². The van der Waals surface area contributed by atoms with Crippen LogP contribution in [0.5, 0.6) is 0 Å². The number of halogens is 2. The van der Waals surface area contributed by atoms with Gasteiger partial charge in [-0.25, -0.2) is 0 Å². The normalized spacial score (nSPS) is 10.3. The van der Waals surface area contributed by atoms with Crippen molar-refractivity contribution in [3.63, 3.8) is 0 Å². The SMILES string of the molecule is Clc1ccc(-c2cc(Cl)no2)cc1. The highest BCUT2D eigenvalue weighted by Gasteiger charge is 2.03. The van der Waals surface area contributed by atoms with Gasteiger partial charge in [0.05, 0.1) is 0 Å². The molecule has 0 atom stereocenters. The van der Waals surface area contributed by atoms with Crippen molar-refractivity contribution in [3.8, 4) is 11.3 Å². The average Bonchev–Trinajstić information content (AvgIpc) is 2.53. The molecule has 2 nitrogen and oxygen atoms in total. The van der Waals surface area contributed by atoms with E-state index in [1.165, 1.54) is 0 Å². The Morgan fingerprint density at radius 3 is 2.31 bits per heavy atom. The molecule has 0 saturated carbocycles. The standard InChI is InChI=1S/C9H5Cl2NO/c10-7-3-1-6(2-4-7)8-5-9(11)12-13-8/h1-5H. The van der Waals surface area contributed by atoms with Crippen molar-refractivity contribution in [3.05, 3.63) is 40.5 Å². The minimum Gasteiger partial charge on any atom is -0.355 e. The van der Waals surface area contributed by atoms with Crippen molar-refractivity contribution in [2.75, 3.05) is 0 Å². The summed E-state index contributed by atoms with van der Waals surface area (Å²) in [5.41, 5.74) is 0.906. The van der Waals surface area contributed by atoms with Crippen LogP contribution in [0, 0.1) is 0 Å². The number of aromatic nitrogens is 1. The van der Waals surface area contributed by atoms with Crippen LogP contribution in [0.15, 0.2) is 34.9 Å². The van der Waals surface area contributed by atoms with Gasteiger partial charge >= 0.3 is 0 Å². The van der Waals surface area contributed by atoms with Crippen LogP contribution >= 0.6 is 23.2 Å². The lowest BCUT2D eigenvalue weighted by Gasteiger charge is -1.93. The smallest absolute Gasteiger partial charge is 0.172 e. The lowest BCUT2D eigenvalue weighted by Crippen LogP contribution is -1.71. The Morgan fingerprint density at radius 2 is 1.77 bits per heavy atom. The lowest BCUT2D eigenvalue weighted by molar-refractivity contribution is 0.432. The predicted molar refractivity (Wildman–Crippen MR) is 52.0 cm³/mol. The van der Waals surface area contributed by atoms with Crippen molar-refractivity contribution in [1.82, 2.24) is 5.16 Å². The molecular weight excluding hydrogens is 209 g/mol. The van der Waals surface area contributed by atoms with Crippen molar-refractivity contribution in [1.29, 1.82) is 0 Å². The third kappa shape index (κ3) is 1.85. The quantitative estimate of drug-likeness (QED) is 0.723. The van der Waals surface area contributed by atoms with Gasteiger partial charge in [-0.05, 0) is 24.3 Å². The zero-order valence-corrected chi connectivity index (χ0v) is 8.01. The third-order valence-electron chi connectivity index (χ3n) is 1.61. The summed E-state index contributed by atoms with van der Waals surface area (Å²) in [6.07, 6.45) is 0. The van der Waals surface area contributed by atoms with E-state index in [0.717, 1.165) is 5.56 Å². The third-order valence-corrected chi connectivity index (χ3v) is 2.04. The molecule has 0 spiro atoms. The number of nitrogens with zero attached hydrogens (tertiary/aromatic N) is 1. The van der Waals surface area contributed by atoms with E-state index in [0.29, 0.717) is 15.9 Å². The summed E-state index contributed by atoms with van der Waals surface area (Å²) in [6.45, 7) is 0. The molecule has 0 aliphatic heterocycles. The van der Waals surface area contributed by atoms with Crippen LogP contribution in [0.2, 0.25) is 10.2 Å². The number of benzene rings is 1. The Morgan fingerprint density at radius 1 is 1.08 bits per heavy atom. The molecule has 0 unspecified atom stereocenters. The lowest BCUT2D eigenvalue weighted by atomic mass is 10.2. The molecule has 1 aromatic heterocycles. The summed E-state index contributed by atoms with van der Waals surface area (Å²) in [5, 5.41) is 4.61. The van der Waals surface area contributed by atoms with E-state index < -0.39 is 0 Å².